The molecule has 1 aromatic carbocycles. The van der Waals surface area contributed by atoms with E-state index in [9.17, 15) is 4.79 Å². The summed E-state index contributed by atoms with van der Waals surface area (Å²) < 4.78 is 5.94. The lowest BCUT2D eigenvalue weighted by molar-refractivity contribution is -0.127. The lowest BCUT2D eigenvalue weighted by Gasteiger charge is -2.36. The van der Waals surface area contributed by atoms with E-state index in [0.717, 1.165) is 73.3 Å². The second-order valence-electron chi connectivity index (χ2n) is 8.21. The van der Waals surface area contributed by atoms with Crippen LogP contribution in [-0.4, -0.2) is 53.4 Å². The number of hydrogen-bond acceptors (Lipinski definition) is 4. The average molecular weight is 418 g/mol. The van der Waals surface area contributed by atoms with Crippen LogP contribution in [0.1, 0.15) is 36.8 Å². The molecule has 0 radical (unpaired) electrons. The number of aromatic nitrogens is 1. The summed E-state index contributed by atoms with van der Waals surface area (Å²) in [5.41, 5.74) is 3.03. The van der Waals surface area contributed by atoms with E-state index >= 15 is 0 Å². The molecule has 1 aliphatic heterocycles. The van der Waals surface area contributed by atoms with Gasteiger partial charge in [0.1, 0.15) is 11.3 Å². The Labute approximate surface area is 184 Å². The molecular weight excluding hydrogens is 386 g/mol. The molecule has 0 saturated carbocycles. The monoisotopic (exact) mass is 417 g/mol. The summed E-state index contributed by atoms with van der Waals surface area (Å²) in [6.45, 7) is 5.13. The van der Waals surface area contributed by atoms with Crippen LogP contribution in [-0.2, 0) is 17.6 Å². The zero-order chi connectivity index (χ0) is 21.6. The van der Waals surface area contributed by atoms with Crippen LogP contribution in [0.25, 0.3) is 17.0 Å². The molecule has 0 atom stereocenters. The number of likely N-dealkylation sites (N-methyl/N-ethyl adjacent to an activating group) is 1. The van der Waals surface area contributed by atoms with Crippen molar-refractivity contribution >= 4 is 23.0 Å². The Morgan fingerprint density at radius 3 is 2.71 bits per heavy atom. The molecule has 5 heteroatoms. The maximum atomic E-state index is 12.9. The molecule has 162 valence electrons. The van der Waals surface area contributed by atoms with E-state index in [2.05, 4.69) is 22.9 Å². The Morgan fingerprint density at radius 1 is 1.19 bits per heavy atom. The van der Waals surface area contributed by atoms with Gasteiger partial charge in [-0.2, -0.15) is 0 Å². The summed E-state index contributed by atoms with van der Waals surface area (Å²) in [5.74, 6) is 0.980. The third kappa shape index (κ3) is 5.05. The SMILES string of the molecule is CCc1oc2ccccc2c1/C=C/C(=O)N(C)C1CCN(CCc2ccccn2)CC1. The summed E-state index contributed by atoms with van der Waals surface area (Å²) in [7, 11) is 1.93. The van der Waals surface area contributed by atoms with E-state index in [1.165, 1.54) is 0 Å². The summed E-state index contributed by atoms with van der Waals surface area (Å²) in [6.07, 6.45) is 9.26. The second-order valence-corrected chi connectivity index (χ2v) is 8.21. The molecule has 0 aliphatic carbocycles. The van der Waals surface area contributed by atoms with Gasteiger partial charge < -0.3 is 14.2 Å². The van der Waals surface area contributed by atoms with Crippen LogP contribution in [0.4, 0.5) is 0 Å². The summed E-state index contributed by atoms with van der Waals surface area (Å²) >= 11 is 0. The molecule has 0 bridgehead atoms. The molecule has 4 rings (SSSR count). The van der Waals surface area contributed by atoms with Gasteiger partial charge in [-0.25, -0.2) is 0 Å². The van der Waals surface area contributed by atoms with Crippen LogP contribution in [0.2, 0.25) is 0 Å². The first-order valence-corrected chi connectivity index (χ1v) is 11.2. The quantitative estimate of drug-likeness (QED) is 0.529. The van der Waals surface area contributed by atoms with Crippen molar-refractivity contribution in [2.45, 2.75) is 38.6 Å². The molecule has 3 aromatic rings. The van der Waals surface area contributed by atoms with E-state index in [-0.39, 0.29) is 11.9 Å². The number of amides is 1. The molecule has 0 N–H and O–H groups in total. The van der Waals surface area contributed by atoms with Crippen LogP contribution in [0, 0.1) is 0 Å². The number of para-hydroxylation sites is 1. The fraction of sp³-hybridized carbons (Fsp3) is 0.385. The molecule has 31 heavy (non-hydrogen) atoms. The van der Waals surface area contributed by atoms with Crippen molar-refractivity contribution in [3.8, 4) is 0 Å². The first kappa shape index (κ1) is 21.3. The number of carbonyl (C=O) groups excluding carboxylic acids is 1. The third-order valence-corrected chi connectivity index (χ3v) is 6.29. The van der Waals surface area contributed by atoms with Crippen molar-refractivity contribution in [3.05, 3.63) is 71.8 Å². The molecule has 1 saturated heterocycles. The highest BCUT2D eigenvalue weighted by Gasteiger charge is 2.24. The standard InChI is InChI=1S/C26H31N3O2/c1-3-24-23(22-9-4-5-10-25(22)31-24)11-12-26(30)28(2)21-14-18-29(19-15-21)17-13-20-8-6-7-16-27-20/h4-12,16,21H,3,13-15,17-19H2,1-2H3/b12-11+. The van der Waals surface area contributed by atoms with Gasteiger partial charge in [0.2, 0.25) is 5.91 Å². The van der Waals surface area contributed by atoms with Gasteiger partial charge in [-0.05, 0) is 37.1 Å². The van der Waals surface area contributed by atoms with Gasteiger partial charge in [-0.15, -0.1) is 0 Å². The van der Waals surface area contributed by atoms with Gasteiger partial charge in [-0.3, -0.25) is 9.78 Å². The van der Waals surface area contributed by atoms with Crippen LogP contribution >= 0.6 is 0 Å². The van der Waals surface area contributed by atoms with Crippen molar-refractivity contribution < 1.29 is 9.21 Å². The van der Waals surface area contributed by atoms with Crippen LogP contribution in [0.15, 0.2) is 59.2 Å². The molecular formula is C26H31N3O2. The lowest BCUT2D eigenvalue weighted by atomic mass is 10.0. The first-order chi connectivity index (χ1) is 15.2. The van der Waals surface area contributed by atoms with Gasteiger partial charge >= 0.3 is 0 Å². The van der Waals surface area contributed by atoms with Crippen molar-refractivity contribution in [1.82, 2.24) is 14.8 Å². The number of fused-ring (bicyclic) bond motifs is 1. The van der Waals surface area contributed by atoms with Crippen molar-refractivity contribution in [2.24, 2.45) is 0 Å². The number of benzene rings is 1. The fourth-order valence-electron chi connectivity index (χ4n) is 4.36. The maximum absolute atomic E-state index is 12.9. The Bertz CT molecular complexity index is 1030. The van der Waals surface area contributed by atoms with E-state index in [0.29, 0.717) is 0 Å². The largest absolute Gasteiger partial charge is 0.460 e. The minimum Gasteiger partial charge on any atom is -0.460 e. The molecule has 2 aromatic heterocycles. The maximum Gasteiger partial charge on any atom is 0.246 e. The smallest absolute Gasteiger partial charge is 0.246 e. The second kappa shape index (κ2) is 9.92. The zero-order valence-corrected chi connectivity index (χ0v) is 18.5. The van der Waals surface area contributed by atoms with Gasteiger partial charge in [0, 0.05) is 74.5 Å². The minimum absolute atomic E-state index is 0.0549. The van der Waals surface area contributed by atoms with E-state index < -0.39 is 0 Å². The van der Waals surface area contributed by atoms with Crippen molar-refractivity contribution in [1.29, 1.82) is 0 Å². The van der Waals surface area contributed by atoms with E-state index in [1.807, 2.05) is 60.6 Å². The van der Waals surface area contributed by atoms with Gasteiger partial charge in [0.05, 0.1) is 0 Å². The van der Waals surface area contributed by atoms with Gasteiger partial charge in [0.25, 0.3) is 0 Å². The highest BCUT2D eigenvalue weighted by molar-refractivity contribution is 5.96. The number of aryl methyl sites for hydroxylation is 1. The number of carbonyl (C=O) groups is 1. The molecule has 3 heterocycles. The topological polar surface area (TPSA) is 49.6 Å². The van der Waals surface area contributed by atoms with Crippen LogP contribution < -0.4 is 0 Å². The molecule has 1 aliphatic rings. The average Bonchev–Trinajstić information content (AvgIpc) is 3.19. The predicted molar refractivity (Wildman–Crippen MR) is 125 cm³/mol. The molecule has 0 unspecified atom stereocenters. The van der Waals surface area contributed by atoms with Gasteiger partial charge in [0.15, 0.2) is 0 Å². The highest BCUT2D eigenvalue weighted by atomic mass is 16.3. The summed E-state index contributed by atoms with van der Waals surface area (Å²) in [6, 6.07) is 14.4. The Kier molecular flexibility index (Phi) is 6.82. The number of rotatable bonds is 7. The van der Waals surface area contributed by atoms with Crippen molar-refractivity contribution in [2.75, 3.05) is 26.7 Å². The fourth-order valence-corrected chi connectivity index (χ4v) is 4.36. The molecule has 0 spiro atoms. The van der Waals surface area contributed by atoms with E-state index in [1.54, 1.807) is 6.08 Å². The Balaban J connectivity index is 1.32. The normalized spacial score (nSPS) is 15.7. The van der Waals surface area contributed by atoms with Crippen molar-refractivity contribution in [3.63, 3.8) is 0 Å². The highest BCUT2D eigenvalue weighted by Crippen LogP contribution is 2.27. The molecule has 5 nitrogen and oxygen atoms in total. The van der Waals surface area contributed by atoms with Gasteiger partial charge in [-0.1, -0.05) is 31.2 Å². The number of likely N-dealkylation sites (tertiary alicyclic amines) is 1. The summed E-state index contributed by atoms with van der Waals surface area (Å²) in [5, 5.41) is 1.06. The molecule has 1 amide bonds. The Hall–Kier alpha value is -2.92. The number of piperidine rings is 1. The third-order valence-electron chi connectivity index (χ3n) is 6.29. The van der Waals surface area contributed by atoms with Crippen LogP contribution in [0.5, 0.6) is 0 Å². The number of pyridine rings is 1. The minimum atomic E-state index is 0.0549. The van der Waals surface area contributed by atoms with Crippen LogP contribution in [0.3, 0.4) is 0 Å². The first-order valence-electron chi connectivity index (χ1n) is 11.2. The number of nitrogens with zero attached hydrogens (tertiary/aromatic N) is 3. The Morgan fingerprint density at radius 2 is 1.97 bits per heavy atom. The van der Waals surface area contributed by atoms with E-state index in [4.69, 9.17) is 4.42 Å². The predicted octanol–water partition coefficient (Wildman–Crippen LogP) is 4.57. The lowest BCUT2D eigenvalue weighted by Crippen LogP contribution is -2.45. The number of furan rings is 1. The summed E-state index contributed by atoms with van der Waals surface area (Å²) in [4.78, 5) is 21.6. The number of hydrogen-bond donors (Lipinski definition) is 0. The zero-order valence-electron chi connectivity index (χ0n) is 18.5. The molecule has 1 fully saturated rings.